The Balaban J connectivity index is 0.00000901. The Hall–Kier alpha value is -6.34. The van der Waals surface area contributed by atoms with Crippen molar-refractivity contribution >= 4 is 65.0 Å². The van der Waals surface area contributed by atoms with Gasteiger partial charge >= 0.3 is 59.1 Å². The minimum Gasteiger partial charge on any atom is -0.691 e. The summed E-state index contributed by atoms with van der Waals surface area (Å²) in [7, 11) is 1.69. The zero-order valence-corrected chi connectivity index (χ0v) is 61.2. The van der Waals surface area contributed by atoms with E-state index in [0.717, 1.165) is 73.1 Å². The standard InChI is InChI=1S/C62H82N10O24S2.2Na/c1-32-30-72-52(53(32)79)58(84)63-29-40(74)27-43(64-54(80)37-12-14-38(15-13-37)59-68-69-60(97-59)39-16-18-42(19-17-39)91-24-10-8-6-7-9-23-90-5)55(81)65-49(33(2)73)61(85)71-31-41(75)28-44(71)56(82)66-50(47(78)25-36-11-20-45(76)48(26-36)94-98-96-95-89)57(83)67-51(62(72)86)46(77)21-22-70(34(3)92-87)35(4)93-88;;/h11-20,26,32-33,40-41,43-44,46-47,49-53,73-79,87-89H,3-4,6-10,21-25,27-31H2,1-2,5H3,(H,63,84)(H,64,80)(H,65,81)(H,66,82)(H,67,83);;/q;2*+1/p-2/t32-,33-,40+,41+,43+,44+,46-,47-,49+,50+,51+,52+,53+;;/m1../s1. The second kappa shape index (κ2) is 41.1. The van der Waals surface area contributed by atoms with E-state index in [0.29, 0.717) is 32.8 Å². The summed E-state index contributed by atoms with van der Waals surface area (Å²) in [6.45, 7) is 8.22. The van der Waals surface area contributed by atoms with Gasteiger partial charge in [0.1, 0.15) is 52.0 Å². The number of aliphatic hydroxyl groups excluding tert-OH is 6. The number of aromatic hydroxyl groups is 1. The molecule has 3 aliphatic rings. The van der Waals surface area contributed by atoms with Crippen molar-refractivity contribution in [3.8, 4) is 38.4 Å². The van der Waals surface area contributed by atoms with E-state index >= 15 is 4.79 Å². The van der Waals surface area contributed by atoms with Gasteiger partial charge in [-0.2, -0.15) is 0 Å². The number of phenolic OH excluding ortho intramolecular Hbond substituents is 1. The molecular formula is C62H80N10Na2O24S2. The molecule has 0 aliphatic carbocycles. The number of benzene rings is 3. The first-order chi connectivity index (χ1) is 46.9. The Morgan fingerprint density at radius 3 is 2.02 bits per heavy atom. The SMILES string of the molecule is C=C(O[O-])N(CC[C@@H](O)[C@@H]1NC(=O)[C@H]([C@H](O)Cc2ccc(O)c(OSOO[O-])c2)NC(=O)[C@@H]2C[C@H](O)CN2C(=O)[C@H]([C@@H](C)O)NC(=O)[C@@H](NC(=O)c2ccc(-c3nnc(-c4ccc(OCCCCCCCOC)cc4)s3)cc2)C[C@H](O)CNC(=O)[C@@H]2[C@@H](O)[C@H](C)CN2C1=O)C(=C)OO.[Na+].[Na+]. The molecule has 1 aromatic heterocycles. The van der Waals surface area contributed by atoms with Crippen molar-refractivity contribution in [2.24, 2.45) is 5.92 Å². The number of unbranched alkanes of at least 4 members (excludes halogenated alkanes) is 4. The summed E-state index contributed by atoms with van der Waals surface area (Å²) in [4.78, 5) is 113. The third-order valence-electron chi connectivity index (χ3n) is 16.5. The minimum absolute atomic E-state index is 0. The van der Waals surface area contributed by atoms with E-state index in [1.807, 2.05) is 24.3 Å². The fourth-order valence-electron chi connectivity index (χ4n) is 11.2. The van der Waals surface area contributed by atoms with Gasteiger partial charge in [-0.3, -0.25) is 43.5 Å². The summed E-state index contributed by atoms with van der Waals surface area (Å²) >= 11 is 1.26. The number of nitrogens with zero attached hydrogens (tertiary/aromatic N) is 5. The Morgan fingerprint density at radius 1 is 0.770 bits per heavy atom. The van der Waals surface area contributed by atoms with Gasteiger partial charge in [0, 0.05) is 81.8 Å². The Bertz CT molecular complexity index is 3370. The summed E-state index contributed by atoms with van der Waals surface area (Å²) in [6.07, 6.45) is -8.44. The first-order valence-electron chi connectivity index (χ1n) is 31.1. The maximum atomic E-state index is 15.1. The minimum atomic E-state index is -2.25. The number of carbonyl (C=O) groups is 7. The monoisotopic (exact) mass is 1460 g/mol. The Kier molecular flexibility index (Phi) is 34.6. The van der Waals surface area contributed by atoms with Crippen molar-refractivity contribution in [1.82, 2.24) is 51.5 Å². The van der Waals surface area contributed by atoms with Crippen LogP contribution in [0.15, 0.2) is 91.7 Å². The van der Waals surface area contributed by atoms with Crippen LogP contribution in [-0.4, -0.2) is 227 Å². The number of hydrogen-bond acceptors (Lipinski definition) is 29. The zero-order valence-electron chi connectivity index (χ0n) is 55.5. The van der Waals surface area contributed by atoms with Gasteiger partial charge in [-0.1, -0.05) is 55.7 Å². The van der Waals surface area contributed by atoms with E-state index < -0.39 is 190 Å². The smallest absolute Gasteiger partial charge is 0.691 e. The number of carbonyl (C=O) groups excluding carboxylic acids is 7. The second-order valence-corrected chi connectivity index (χ2v) is 25.0. The van der Waals surface area contributed by atoms with Crippen LogP contribution in [0.4, 0.5) is 0 Å². The van der Waals surface area contributed by atoms with Gasteiger partial charge in [-0.15, -0.1) is 14.5 Å². The molecule has 536 valence electrons. The van der Waals surface area contributed by atoms with Gasteiger partial charge in [-0.05, 0) is 93.4 Å². The van der Waals surface area contributed by atoms with Gasteiger partial charge < -0.3 is 106 Å². The van der Waals surface area contributed by atoms with Crippen LogP contribution >= 0.6 is 23.7 Å². The third-order valence-corrected chi connectivity index (χ3v) is 17.9. The van der Waals surface area contributed by atoms with Crippen LogP contribution in [0.2, 0.25) is 0 Å². The number of β-amino-alcohol motifs (C(OH)–C–C–N with tert-alkyl or cyclic N) is 1. The van der Waals surface area contributed by atoms with Crippen LogP contribution in [0.25, 0.3) is 21.1 Å². The molecular weight excluding hydrogens is 1380 g/mol. The van der Waals surface area contributed by atoms with E-state index in [2.05, 4.69) is 69.1 Å². The molecule has 7 amide bonds. The summed E-state index contributed by atoms with van der Waals surface area (Å²) < 4.78 is 20.2. The number of rotatable bonds is 29. The molecule has 7 rings (SSSR count). The third kappa shape index (κ3) is 23.1. The number of fused-ring (bicyclic) bond motifs is 2. The molecule has 3 aromatic carbocycles. The molecule has 4 aromatic rings. The number of methoxy groups -OCH3 is 1. The van der Waals surface area contributed by atoms with E-state index in [9.17, 15) is 80.3 Å². The van der Waals surface area contributed by atoms with Crippen molar-refractivity contribution < 1.29 is 177 Å². The predicted octanol–water partition coefficient (Wildman–Crippen LogP) is -7.91. The maximum absolute atomic E-state index is 15.1. The van der Waals surface area contributed by atoms with Crippen molar-refractivity contribution in [3.05, 3.63) is 103 Å². The molecule has 100 heavy (non-hydrogen) atoms. The van der Waals surface area contributed by atoms with Gasteiger partial charge in [0.15, 0.2) is 17.4 Å². The molecule has 13 atom stereocenters. The van der Waals surface area contributed by atoms with Gasteiger partial charge in [0.25, 0.3) is 18.2 Å². The van der Waals surface area contributed by atoms with Crippen LogP contribution in [0.3, 0.4) is 0 Å². The quantitative estimate of drug-likeness (QED) is 0.00600. The number of nitrogens with one attached hydrogen (secondary N) is 5. The van der Waals surface area contributed by atoms with Crippen molar-refractivity contribution in [1.29, 1.82) is 0 Å². The second-order valence-electron chi connectivity index (χ2n) is 23.6. The van der Waals surface area contributed by atoms with Crippen LogP contribution < -0.4 is 105 Å². The first-order valence-corrected chi connectivity index (χ1v) is 32.6. The number of ether oxygens (including phenoxy) is 2. The molecule has 34 nitrogen and oxygen atoms in total. The number of aromatic nitrogens is 2. The van der Waals surface area contributed by atoms with E-state index in [1.54, 1.807) is 19.2 Å². The van der Waals surface area contributed by atoms with Gasteiger partial charge in [0.05, 0.1) is 43.2 Å². The summed E-state index contributed by atoms with van der Waals surface area (Å²) in [5.41, 5.74) is 1.37. The topological polar surface area (TPSA) is 488 Å². The zero-order chi connectivity index (χ0) is 71.3. The predicted molar refractivity (Wildman–Crippen MR) is 339 cm³/mol. The molecule has 0 radical (unpaired) electrons. The average molecular weight is 1460 g/mol. The molecule has 3 fully saturated rings. The fourth-order valence-corrected chi connectivity index (χ4v) is 12.3. The number of aliphatic hydroxyl groups is 6. The number of phenols is 1. The summed E-state index contributed by atoms with van der Waals surface area (Å²) in [6, 6.07) is 4.91. The van der Waals surface area contributed by atoms with E-state index in [1.165, 1.54) is 36.5 Å². The Morgan fingerprint density at radius 2 is 1.39 bits per heavy atom. The molecule has 0 unspecified atom stereocenters. The Labute approximate surface area is 627 Å². The van der Waals surface area contributed by atoms with E-state index in [-0.39, 0.29) is 88.3 Å². The molecule has 3 saturated heterocycles. The molecule has 38 heteroatoms. The normalized spacial score (nSPS) is 23.2. The van der Waals surface area contributed by atoms with Gasteiger partial charge in [-0.25, -0.2) is 5.26 Å². The molecule has 0 spiro atoms. The summed E-state index contributed by atoms with van der Waals surface area (Å²) in [5, 5.41) is 136. The van der Waals surface area contributed by atoms with Crippen LogP contribution in [0, 0.1) is 5.92 Å². The fraction of sp³-hybridized carbons (Fsp3) is 0.500. The van der Waals surface area contributed by atoms with Crippen molar-refractivity contribution in [3.63, 3.8) is 0 Å². The molecule has 0 bridgehead atoms. The number of hydrogen-bond donors (Lipinski definition) is 13. The summed E-state index contributed by atoms with van der Waals surface area (Å²) in [5.74, 6) is -11.0. The van der Waals surface area contributed by atoms with Crippen molar-refractivity contribution in [2.45, 2.75) is 145 Å². The molecule has 3 aliphatic heterocycles. The largest absolute Gasteiger partial charge is 1.00 e. The number of amides is 7. The molecule has 0 saturated carbocycles. The van der Waals surface area contributed by atoms with E-state index in [4.69, 9.17) is 13.7 Å². The van der Waals surface area contributed by atoms with Crippen molar-refractivity contribution in [2.75, 3.05) is 46.5 Å². The van der Waals surface area contributed by atoms with Crippen LogP contribution in [-0.2, 0) is 59.1 Å². The molecule has 4 heterocycles. The van der Waals surface area contributed by atoms with Crippen LogP contribution in [0.1, 0.15) is 81.1 Å². The van der Waals surface area contributed by atoms with Gasteiger partial charge in [0.2, 0.25) is 41.3 Å². The average Bonchev–Trinajstić information content (AvgIpc) is 1.63. The first kappa shape index (κ1) is 84.3. The molecule has 13 N–H and O–H groups in total. The maximum Gasteiger partial charge on any atom is 1.00 e. The van der Waals surface area contributed by atoms with Crippen LogP contribution in [0.5, 0.6) is 17.2 Å².